The van der Waals surface area contributed by atoms with Crippen LogP contribution in [0.4, 0.5) is 15.3 Å². The van der Waals surface area contributed by atoms with Gasteiger partial charge in [-0.05, 0) is 76.3 Å². The highest BCUT2D eigenvalue weighted by Gasteiger charge is 2.16. The average molecular weight is 551 g/mol. The molecule has 10 nitrogen and oxygen atoms in total. The van der Waals surface area contributed by atoms with Crippen molar-refractivity contribution in [2.75, 3.05) is 32.2 Å². The number of nitrogens with one attached hydrogen (secondary N) is 1. The summed E-state index contributed by atoms with van der Waals surface area (Å²) in [6, 6.07) is 9.27. The second kappa shape index (κ2) is 15.9. The number of esters is 1. The molecule has 2 aromatic rings. The van der Waals surface area contributed by atoms with Crippen molar-refractivity contribution < 1.29 is 28.6 Å². The highest BCUT2D eigenvalue weighted by atomic mass is 16.6. The first-order valence-corrected chi connectivity index (χ1v) is 13.0. The van der Waals surface area contributed by atoms with Gasteiger partial charge in [-0.15, -0.1) is 0 Å². The molecule has 0 radical (unpaired) electrons. The lowest BCUT2D eigenvalue weighted by Gasteiger charge is -2.20. The number of carbonyl (C=O) groups excluding carboxylic acids is 3. The molecule has 0 fully saturated rings. The summed E-state index contributed by atoms with van der Waals surface area (Å²) in [4.78, 5) is 45.4. The molecular weight excluding hydrogens is 512 g/mol. The Morgan fingerprint density at radius 2 is 1.80 bits per heavy atom. The maximum atomic E-state index is 12.4. The van der Waals surface area contributed by atoms with Crippen molar-refractivity contribution in [2.45, 2.75) is 59.0 Å². The number of hydrogen-bond donors (Lipinski definition) is 1. The molecule has 40 heavy (non-hydrogen) atoms. The number of anilines is 1. The molecule has 214 valence electrons. The van der Waals surface area contributed by atoms with E-state index in [9.17, 15) is 14.4 Å². The lowest BCUT2D eigenvalue weighted by atomic mass is 10.1. The third-order valence-corrected chi connectivity index (χ3v) is 5.20. The van der Waals surface area contributed by atoms with Gasteiger partial charge in [0.2, 0.25) is 5.82 Å². The predicted molar refractivity (Wildman–Crippen MR) is 153 cm³/mol. The number of aryl methyl sites for hydroxylation is 1. The van der Waals surface area contributed by atoms with E-state index in [-0.39, 0.29) is 12.6 Å². The fourth-order valence-electron chi connectivity index (χ4n) is 3.23. The van der Waals surface area contributed by atoms with Crippen LogP contribution in [0, 0.1) is 18.8 Å². The van der Waals surface area contributed by atoms with Gasteiger partial charge in [0, 0.05) is 37.8 Å². The van der Waals surface area contributed by atoms with Crippen LogP contribution >= 0.6 is 0 Å². The molecule has 0 bridgehead atoms. The molecule has 0 atom stereocenters. The van der Waals surface area contributed by atoms with Crippen molar-refractivity contribution in [3.8, 4) is 11.8 Å². The molecule has 2 amide bonds. The van der Waals surface area contributed by atoms with Crippen LogP contribution in [0.3, 0.4) is 0 Å². The Labute approximate surface area is 236 Å². The summed E-state index contributed by atoms with van der Waals surface area (Å²) in [5.74, 6) is 6.12. The number of hydrogen-bond acceptors (Lipinski definition) is 8. The van der Waals surface area contributed by atoms with Crippen LogP contribution in [0.2, 0.25) is 0 Å². The number of methoxy groups -OCH3 is 1. The van der Waals surface area contributed by atoms with Crippen LogP contribution in [0.1, 0.15) is 69.2 Å². The van der Waals surface area contributed by atoms with Gasteiger partial charge in [0.25, 0.3) is 0 Å². The van der Waals surface area contributed by atoms with Gasteiger partial charge in [0.1, 0.15) is 5.60 Å². The van der Waals surface area contributed by atoms with Crippen molar-refractivity contribution in [1.82, 2.24) is 15.3 Å². The molecule has 2 rings (SSSR count). The number of ether oxygens (including phenoxy) is 3. The summed E-state index contributed by atoms with van der Waals surface area (Å²) in [6.07, 6.45) is 4.76. The first-order valence-electron chi connectivity index (χ1n) is 13.0. The van der Waals surface area contributed by atoms with Crippen molar-refractivity contribution in [3.63, 3.8) is 0 Å². The van der Waals surface area contributed by atoms with Gasteiger partial charge < -0.3 is 19.5 Å². The number of aromatic nitrogens is 2. The van der Waals surface area contributed by atoms with E-state index in [0.29, 0.717) is 43.7 Å². The van der Waals surface area contributed by atoms with Crippen LogP contribution in [-0.4, -0.2) is 61.0 Å². The van der Waals surface area contributed by atoms with E-state index in [0.717, 1.165) is 17.0 Å². The largest absolute Gasteiger partial charge is 0.469 e. The SMILES string of the molecule is COC(=O)CCCC#Cc1nc(C)cc(/C=C/c2ccc(N(C)C(=O)OCCCNC(=O)OC(C)(C)C)cc2)n1. The summed E-state index contributed by atoms with van der Waals surface area (Å²) >= 11 is 0. The van der Waals surface area contributed by atoms with E-state index in [4.69, 9.17) is 9.47 Å². The van der Waals surface area contributed by atoms with Gasteiger partial charge >= 0.3 is 18.2 Å². The highest BCUT2D eigenvalue weighted by Crippen LogP contribution is 2.17. The molecule has 0 saturated carbocycles. The topological polar surface area (TPSA) is 120 Å². The van der Waals surface area contributed by atoms with Crippen LogP contribution in [0.15, 0.2) is 30.3 Å². The first-order chi connectivity index (χ1) is 19.0. The van der Waals surface area contributed by atoms with Crippen LogP contribution in [-0.2, 0) is 19.0 Å². The molecule has 1 aromatic heterocycles. The van der Waals surface area contributed by atoms with E-state index >= 15 is 0 Å². The number of benzene rings is 1. The Kier molecular flexibility index (Phi) is 12.6. The van der Waals surface area contributed by atoms with E-state index < -0.39 is 17.8 Å². The third-order valence-electron chi connectivity index (χ3n) is 5.20. The Morgan fingerprint density at radius 1 is 1.07 bits per heavy atom. The van der Waals surface area contributed by atoms with Gasteiger partial charge in [-0.1, -0.05) is 24.1 Å². The Morgan fingerprint density at radius 3 is 2.48 bits per heavy atom. The van der Waals surface area contributed by atoms with Crippen molar-refractivity contribution >= 4 is 36.0 Å². The normalized spacial score (nSPS) is 10.8. The van der Waals surface area contributed by atoms with Gasteiger partial charge in [-0.25, -0.2) is 19.6 Å². The Balaban J connectivity index is 1.85. The molecule has 10 heteroatoms. The molecule has 0 unspecified atom stereocenters. The highest BCUT2D eigenvalue weighted by molar-refractivity contribution is 5.87. The second-order valence-corrected chi connectivity index (χ2v) is 9.87. The number of nitrogens with zero attached hydrogens (tertiary/aromatic N) is 3. The third kappa shape index (κ3) is 12.4. The van der Waals surface area contributed by atoms with Crippen LogP contribution < -0.4 is 10.2 Å². The fraction of sp³-hybridized carbons (Fsp3) is 0.433. The first kappa shape index (κ1) is 31.8. The summed E-state index contributed by atoms with van der Waals surface area (Å²) in [6.45, 7) is 7.75. The molecule has 0 spiro atoms. The summed E-state index contributed by atoms with van der Waals surface area (Å²) < 4.78 is 15.1. The zero-order valence-corrected chi connectivity index (χ0v) is 24.1. The minimum Gasteiger partial charge on any atom is -0.469 e. The zero-order chi connectivity index (χ0) is 29.5. The molecule has 0 aliphatic heterocycles. The number of rotatable bonds is 10. The number of amides is 2. The second-order valence-electron chi connectivity index (χ2n) is 9.87. The smallest absolute Gasteiger partial charge is 0.414 e. The van der Waals surface area contributed by atoms with Gasteiger partial charge in [-0.3, -0.25) is 9.69 Å². The summed E-state index contributed by atoms with van der Waals surface area (Å²) in [7, 11) is 3.00. The van der Waals surface area contributed by atoms with E-state index in [1.807, 2.05) is 49.4 Å². The monoisotopic (exact) mass is 550 g/mol. The average Bonchev–Trinajstić information content (AvgIpc) is 2.89. The lowest BCUT2D eigenvalue weighted by molar-refractivity contribution is -0.140. The van der Waals surface area contributed by atoms with E-state index in [1.165, 1.54) is 12.0 Å². The van der Waals surface area contributed by atoms with E-state index in [2.05, 4.69) is 31.9 Å². The summed E-state index contributed by atoms with van der Waals surface area (Å²) in [5.41, 5.74) is 2.55. The Bertz CT molecular complexity index is 1240. The molecule has 0 saturated heterocycles. The number of unbranched alkanes of at least 4 members (excludes halogenated alkanes) is 1. The number of alkyl carbamates (subject to hydrolysis) is 1. The molecule has 1 N–H and O–H groups in total. The van der Waals surface area contributed by atoms with E-state index in [1.54, 1.807) is 27.8 Å². The van der Waals surface area contributed by atoms with Crippen molar-refractivity contribution in [3.05, 3.63) is 53.1 Å². The van der Waals surface area contributed by atoms with Crippen LogP contribution in [0.5, 0.6) is 0 Å². The summed E-state index contributed by atoms with van der Waals surface area (Å²) in [5, 5.41) is 2.63. The Hall–Kier alpha value is -4.39. The standard InChI is InChI=1S/C30H38N4O6/c1-22-21-24(33-26(32-22)11-8-7-9-12-27(35)38-6)16-13-23-14-17-25(18-15-23)34(5)29(37)39-20-10-19-31-28(36)40-30(2,3)4/h13-18,21H,7,9-10,12,19-20H2,1-6H3,(H,31,36)/b16-13+. The van der Waals surface area contributed by atoms with Gasteiger partial charge in [0.05, 0.1) is 19.4 Å². The molecule has 0 aliphatic carbocycles. The maximum absolute atomic E-state index is 12.4. The van der Waals surface area contributed by atoms with Crippen molar-refractivity contribution in [2.24, 2.45) is 0 Å². The maximum Gasteiger partial charge on any atom is 0.414 e. The molecule has 1 heterocycles. The minimum atomic E-state index is -0.562. The predicted octanol–water partition coefficient (Wildman–Crippen LogP) is 5.14. The molecular formula is C30H38N4O6. The number of carbonyl (C=O) groups is 3. The quantitative estimate of drug-likeness (QED) is 0.187. The minimum absolute atomic E-state index is 0.165. The fourth-order valence-corrected chi connectivity index (χ4v) is 3.23. The van der Waals surface area contributed by atoms with Gasteiger partial charge in [0.15, 0.2) is 0 Å². The molecule has 0 aliphatic rings. The zero-order valence-electron chi connectivity index (χ0n) is 24.1. The molecule has 1 aromatic carbocycles. The van der Waals surface area contributed by atoms with Crippen molar-refractivity contribution in [1.29, 1.82) is 0 Å². The van der Waals surface area contributed by atoms with Gasteiger partial charge in [-0.2, -0.15) is 0 Å². The van der Waals surface area contributed by atoms with Crippen LogP contribution in [0.25, 0.3) is 12.2 Å². The lowest BCUT2D eigenvalue weighted by Crippen LogP contribution is -2.33.